The van der Waals surface area contributed by atoms with Gasteiger partial charge in [0.05, 0.1) is 17.2 Å². The fraction of sp³-hybridized carbons (Fsp3) is 0.583. The summed E-state index contributed by atoms with van der Waals surface area (Å²) in [6, 6.07) is 8.31. The van der Waals surface area contributed by atoms with E-state index in [0.29, 0.717) is 5.92 Å². The van der Waals surface area contributed by atoms with Crippen molar-refractivity contribution in [2.24, 2.45) is 10.9 Å². The molecule has 1 aromatic carbocycles. The van der Waals surface area contributed by atoms with Crippen molar-refractivity contribution in [2.75, 3.05) is 32.7 Å². The van der Waals surface area contributed by atoms with Gasteiger partial charge in [-0.3, -0.25) is 9.89 Å². The van der Waals surface area contributed by atoms with Gasteiger partial charge in [-0.05, 0) is 56.8 Å². The van der Waals surface area contributed by atoms with E-state index >= 15 is 0 Å². The SMILES string of the molecule is CCNC(=NCC1CCN(Cc2csc(CC)n2)CC1)NCC1Cc2ccccc2O1.I. The van der Waals surface area contributed by atoms with Crippen molar-refractivity contribution >= 4 is 41.3 Å². The van der Waals surface area contributed by atoms with Crippen LogP contribution in [0, 0.1) is 5.92 Å². The van der Waals surface area contributed by atoms with Crippen molar-refractivity contribution in [3.05, 3.63) is 45.9 Å². The number of aromatic nitrogens is 1. The molecule has 0 amide bonds. The van der Waals surface area contributed by atoms with Crippen molar-refractivity contribution in [1.82, 2.24) is 20.5 Å². The zero-order valence-corrected chi connectivity index (χ0v) is 22.3. The topological polar surface area (TPSA) is 61.8 Å². The van der Waals surface area contributed by atoms with Gasteiger partial charge in [-0.15, -0.1) is 35.3 Å². The lowest BCUT2D eigenvalue weighted by Gasteiger charge is -2.30. The number of nitrogens with one attached hydrogen (secondary N) is 2. The summed E-state index contributed by atoms with van der Waals surface area (Å²) < 4.78 is 6.04. The zero-order valence-electron chi connectivity index (χ0n) is 19.2. The van der Waals surface area contributed by atoms with Gasteiger partial charge in [-0.25, -0.2) is 4.98 Å². The second-order valence-electron chi connectivity index (χ2n) is 8.46. The van der Waals surface area contributed by atoms with Gasteiger partial charge < -0.3 is 15.4 Å². The monoisotopic (exact) mass is 569 g/mol. The first-order valence-electron chi connectivity index (χ1n) is 11.7. The fourth-order valence-electron chi connectivity index (χ4n) is 4.28. The molecule has 2 aliphatic heterocycles. The highest BCUT2D eigenvalue weighted by Gasteiger charge is 2.23. The van der Waals surface area contributed by atoms with Crippen LogP contribution in [0.5, 0.6) is 5.75 Å². The van der Waals surface area contributed by atoms with Gasteiger partial charge in [0.2, 0.25) is 0 Å². The van der Waals surface area contributed by atoms with Crippen LogP contribution in [-0.4, -0.2) is 54.7 Å². The first-order valence-corrected chi connectivity index (χ1v) is 12.5. The number of halogens is 1. The molecule has 8 heteroatoms. The van der Waals surface area contributed by atoms with Crippen LogP contribution in [0.3, 0.4) is 0 Å². The molecule has 0 bridgehead atoms. The molecular formula is C24H36IN5OS. The minimum Gasteiger partial charge on any atom is -0.488 e. The van der Waals surface area contributed by atoms with Crippen LogP contribution in [0.25, 0.3) is 0 Å². The van der Waals surface area contributed by atoms with Crippen LogP contribution in [0.4, 0.5) is 0 Å². The van der Waals surface area contributed by atoms with E-state index in [0.717, 1.165) is 63.8 Å². The van der Waals surface area contributed by atoms with Gasteiger partial charge in [0.25, 0.3) is 0 Å². The number of aryl methyl sites for hydroxylation is 1. The summed E-state index contributed by atoms with van der Waals surface area (Å²) in [5.74, 6) is 2.57. The average molecular weight is 570 g/mol. The third-order valence-electron chi connectivity index (χ3n) is 6.06. The molecule has 2 N–H and O–H groups in total. The number of hydrogen-bond acceptors (Lipinski definition) is 5. The van der Waals surface area contributed by atoms with Crippen LogP contribution < -0.4 is 15.4 Å². The van der Waals surface area contributed by atoms with Gasteiger partial charge >= 0.3 is 0 Å². The number of fused-ring (bicyclic) bond motifs is 1. The van der Waals surface area contributed by atoms with Crippen molar-refractivity contribution in [2.45, 2.75) is 52.2 Å². The Morgan fingerprint density at radius 1 is 1.22 bits per heavy atom. The van der Waals surface area contributed by atoms with E-state index in [-0.39, 0.29) is 30.1 Å². The first kappa shape index (κ1) is 25.2. The predicted octanol–water partition coefficient (Wildman–Crippen LogP) is 4.09. The molecular weight excluding hydrogens is 533 g/mol. The van der Waals surface area contributed by atoms with Crippen LogP contribution in [-0.2, 0) is 19.4 Å². The Bertz CT molecular complexity index is 841. The Morgan fingerprint density at radius 3 is 2.75 bits per heavy atom. The van der Waals surface area contributed by atoms with E-state index < -0.39 is 0 Å². The molecule has 2 aliphatic rings. The molecule has 6 nitrogen and oxygen atoms in total. The molecule has 3 heterocycles. The van der Waals surface area contributed by atoms with E-state index in [4.69, 9.17) is 14.7 Å². The lowest BCUT2D eigenvalue weighted by molar-refractivity contribution is 0.179. The minimum atomic E-state index is 0. The summed E-state index contributed by atoms with van der Waals surface area (Å²) in [6.45, 7) is 10.1. The highest BCUT2D eigenvalue weighted by molar-refractivity contribution is 14.0. The molecule has 4 rings (SSSR count). The Morgan fingerprint density at radius 2 is 2.03 bits per heavy atom. The van der Waals surface area contributed by atoms with Crippen LogP contribution >= 0.6 is 35.3 Å². The minimum absolute atomic E-state index is 0. The van der Waals surface area contributed by atoms with Gasteiger partial charge in [-0.1, -0.05) is 25.1 Å². The molecule has 0 radical (unpaired) electrons. The molecule has 1 unspecified atom stereocenters. The zero-order chi connectivity index (χ0) is 21.5. The number of rotatable bonds is 8. The summed E-state index contributed by atoms with van der Waals surface area (Å²) in [5.41, 5.74) is 2.53. The number of hydrogen-bond donors (Lipinski definition) is 2. The molecule has 0 saturated carbocycles. The normalized spacial score (nSPS) is 19.2. The van der Waals surface area contributed by atoms with E-state index in [1.807, 2.05) is 6.07 Å². The molecule has 1 atom stereocenters. The molecule has 2 aromatic rings. The number of nitrogens with zero attached hydrogens (tertiary/aromatic N) is 3. The smallest absolute Gasteiger partial charge is 0.191 e. The second-order valence-corrected chi connectivity index (χ2v) is 9.40. The van der Waals surface area contributed by atoms with Crippen LogP contribution in [0.1, 0.15) is 43.0 Å². The number of guanidine groups is 1. The number of likely N-dealkylation sites (tertiary alicyclic amines) is 1. The highest BCUT2D eigenvalue weighted by atomic mass is 127. The fourth-order valence-corrected chi connectivity index (χ4v) is 5.02. The maximum absolute atomic E-state index is 6.04. The lowest BCUT2D eigenvalue weighted by atomic mass is 9.97. The molecule has 176 valence electrons. The van der Waals surface area contributed by atoms with Crippen molar-refractivity contribution in [3.8, 4) is 5.75 Å². The highest BCUT2D eigenvalue weighted by Crippen LogP contribution is 2.27. The summed E-state index contributed by atoms with van der Waals surface area (Å²) >= 11 is 1.79. The Balaban J connectivity index is 0.00000289. The third kappa shape index (κ3) is 7.05. The lowest BCUT2D eigenvalue weighted by Crippen LogP contribution is -2.42. The summed E-state index contributed by atoms with van der Waals surface area (Å²) in [7, 11) is 0. The summed E-state index contributed by atoms with van der Waals surface area (Å²) in [6.07, 6.45) is 4.57. The first-order chi connectivity index (χ1) is 15.2. The number of ether oxygens (including phenoxy) is 1. The number of aliphatic imine (C=N–C) groups is 1. The number of para-hydroxylation sites is 1. The molecule has 0 spiro atoms. The van der Waals surface area contributed by atoms with Gasteiger partial charge in [0.1, 0.15) is 11.9 Å². The average Bonchev–Trinajstić information content (AvgIpc) is 3.43. The van der Waals surface area contributed by atoms with Crippen molar-refractivity contribution in [3.63, 3.8) is 0 Å². The van der Waals surface area contributed by atoms with Gasteiger partial charge in [0, 0.05) is 31.4 Å². The van der Waals surface area contributed by atoms with Gasteiger partial charge in [-0.2, -0.15) is 0 Å². The standard InChI is InChI=1S/C24H35N5OS.HI/c1-3-23-28-20(17-31-23)16-29-11-9-18(10-12-29)14-26-24(25-4-2)27-15-21-13-19-7-5-6-8-22(19)30-21;/h5-8,17-18,21H,3-4,9-16H2,1-2H3,(H2,25,26,27);1H. The number of thiazole rings is 1. The third-order valence-corrected chi connectivity index (χ3v) is 7.10. The van der Waals surface area contributed by atoms with E-state index in [9.17, 15) is 0 Å². The van der Waals surface area contributed by atoms with Crippen molar-refractivity contribution in [1.29, 1.82) is 0 Å². The largest absolute Gasteiger partial charge is 0.488 e. The van der Waals surface area contributed by atoms with Crippen LogP contribution in [0.2, 0.25) is 0 Å². The Hall–Kier alpha value is -1.39. The van der Waals surface area contributed by atoms with Crippen molar-refractivity contribution < 1.29 is 4.74 Å². The Labute approximate surface area is 213 Å². The quantitative estimate of drug-likeness (QED) is 0.285. The number of piperidine rings is 1. The second kappa shape index (κ2) is 12.7. The van der Waals surface area contributed by atoms with E-state index in [1.165, 1.54) is 29.1 Å². The Kier molecular flexibility index (Phi) is 10.1. The van der Waals surface area contributed by atoms with Crippen LogP contribution in [0.15, 0.2) is 34.6 Å². The maximum atomic E-state index is 6.04. The molecule has 32 heavy (non-hydrogen) atoms. The molecule has 1 aromatic heterocycles. The predicted molar refractivity (Wildman–Crippen MR) is 143 cm³/mol. The summed E-state index contributed by atoms with van der Waals surface area (Å²) in [4.78, 5) is 12.1. The molecule has 0 aliphatic carbocycles. The van der Waals surface area contributed by atoms with E-state index in [1.54, 1.807) is 11.3 Å². The molecule has 1 saturated heterocycles. The molecule has 1 fully saturated rings. The van der Waals surface area contributed by atoms with Gasteiger partial charge in [0.15, 0.2) is 5.96 Å². The van der Waals surface area contributed by atoms with E-state index in [2.05, 4.69) is 53.0 Å². The maximum Gasteiger partial charge on any atom is 0.191 e. The number of benzene rings is 1. The summed E-state index contributed by atoms with van der Waals surface area (Å²) in [5, 5.41) is 10.3.